The van der Waals surface area contributed by atoms with Crippen molar-refractivity contribution in [2.75, 3.05) is 6.61 Å². The fourth-order valence-corrected chi connectivity index (χ4v) is 4.46. The zero-order valence-corrected chi connectivity index (χ0v) is 15.7. The molecule has 1 fully saturated rings. The van der Waals surface area contributed by atoms with Crippen molar-refractivity contribution in [2.24, 2.45) is 0 Å². The van der Waals surface area contributed by atoms with Crippen molar-refractivity contribution in [3.05, 3.63) is 51.7 Å². The van der Waals surface area contributed by atoms with Crippen LogP contribution < -0.4 is 0 Å². The van der Waals surface area contributed by atoms with Crippen molar-refractivity contribution in [2.45, 2.75) is 45.3 Å². The maximum atomic E-state index is 9.84. The van der Waals surface area contributed by atoms with Crippen LogP contribution in [0.1, 0.15) is 40.8 Å². The van der Waals surface area contributed by atoms with E-state index in [1.165, 1.54) is 0 Å². The Labute approximate surface area is 156 Å². The zero-order valence-electron chi connectivity index (χ0n) is 14.9. The molecule has 0 unspecified atom stereocenters. The molecule has 0 spiro atoms. The van der Waals surface area contributed by atoms with Gasteiger partial charge in [0.2, 0.25) is 0 Å². The predicted molar refractivity (Wildman–Crippen MR) is 99.1 cm³/mol. The molecule has 8 heteroatoms. The molecule has 3 aromatic rings. The number of tetrazole rings is 1. The Morgan fingerprint density at radius 1 is 1.23 bits per heavy atom. The zero-order chi connectivity index (χ0) is 18.1. The first-order chi connectivity index (χ1) is 12.7. The Morgan fingerprint density at radius 3 is 2.73 bits per heavy atom. The highest BCUT2D eigenvalue weighted by Gasteiger charge is 2.38. The van der Waals surface area contributed by atoms with Crippen LogP contribution in [0, 0.1) is 13.8 Å². The standard InChI is InChI=1S/C18H22N6OS/c1-12-4-3-5-13(2)17(12)24-18(20-21-22-24)15-7-6-14(11-25)23(15)10-16-19-8-9-26-16/h3-5,8-9,14-15,25H,6-7,10-11H2,1-2H3/t14-,15-/m0/s1. The molecule has 0 aliphatic carbocycles. The molecule has 2 aromatic heterocycles. The van der Waals surface area contributed by atoms with Crippen molar-refractivity contribution in [3.8, 4) is 5.69 Å². The summed E-state index contributed by atoms with van der Waals surface area (Å²) in [6, 6.07) is 6.36. The monoisotopic (exact) mass is 370 g/mol. The van der Waals surface area contributed by atoms with E-state index in [0.717, 1.165) is 40.5 Å². The van der Waals surface area contributed by atoms with E-state index >= 15 is 0 Å². The second kappa shape index (κ2) is 7.22. The van der Waals surface area contributed by atoms with Crippen molar-refractivity contribution in [3.63, 3.8) is 0 Å². The molecular formula is C18H22N6OS. The van der Waals surface area contributed by atoms with Crippen LogP contribution in [0.25, 0.3) is 5.69 Å². The molecule has 26 heavy (non-hydrogen) atoms. The maximum Gasteiger partial charge on any atom is 0.173 e. The molecule has 0 saturated carbocycles. The average Bonchev–Trinajstić information content (AvgIpc) is 3.36. The summed E-state index contributed by atoms with van der Waals surface area (Å²) < 4.78 is 1.87. The third kappa shape index (κ3) is 3.04. The minimum atomic E-state index is 0.0602. The predicted octanol–water partition coefficient (Wildman–Crippen LogP) is 2.43. The molecule has 3 heterocycles. The quantitative estimate of drug-likeness (QED) is 0.743. The topological polar surface area (TPSA) is 80.0 Å². The van der Waals surface area contributed by atoms with E-state index in [-0.39, 0.29) is 18.7 Å². The first-order valence-electron chi connectivity index (χ1n) is 8.79. The highest BCUT2D eigenvalue weighted by molar-refractivity contribution is 7.09. The number of likely N-dealkylation sites (tertiary alicyclic amines) is 1. The molecule has 1 N–H and O–H groups in total. The summed E-state index contributed by atoms with van der Waals surface area (Å²) in [4.78, 5) is 6.70. The van der Waals surface area contributed by atoms with E-state index in [0.29, 0.717) is 6.54 Å². The molecular weight excluding hydrogens is 348 g/mol. The van der Waals surface area contributed by atoms with Crippen LogP contribution in [-0.2, 0) is 6.54 Å². The van der Waals surface area contributed by atoms with Gasteiger partial charge in [0.1, 0.15) is 5.01 Å². The van der Waals surface area contributed by atoms with Gasteiger partial charge in [0.15, 0.2) is 5.82 Å². The smallest absolute Gasteiger partial charge is 0.173 e. The van der Waals surface area contributed by atoms with Gasteiger partial charge in [0.05, 0.1) is 24.9 Å². The van der Waals surface area contributed by atoms with E-state index in [4.69, 9.17) is 0 Å². The van der Waals surface area contributed by atoms with Crippen LogP contribution in [0.5, 0.6) is 0 Å². The number of aliphatic hydroxyl groups is 1. The van der Waals surface area contributed by atoms with Crippen molar-refractivity contribution < 1.29 is 5.11 Å². The van der Waals surface area contributed by atoms with Crippen LogP contribution in [0.4, 0.5) is 0 Å². The Morgan fingerprint density at radius 2 is 2.04 bits per heavy atom. The lowest BCUT2D eigenvalue weighted by Crippen LogP contribution is -2.34. The van der Waals surface area contributed by atoms with Gasteiger partial charge in [0, 0.05) is 17.6 Å². The van der Waals surface area contributed by atoms with Gasteiger partial charge in [-0.1, -0.05) is 18.2 Å². The Kier molecular flexibility index (Phi) is 4.80. The van der Waals surface area contributed by atoms with E-state index < -0.39 is 0 Å². The van der Waals surface area contributed by atoms with Crippen molar-refractivity contribution in [1.29, 1.82) is 0 Å². The molecule has 0 bridgehead atoms. The third-order valence-corrected chi connectivity index (χ3v) is 5.86. The Hall–Kier alpha value is -2.16. The van der Waals surface area contributed by atoms with Crippen molar-refractivity contribution in [1.82, 2.24) is 30.1 Å². The minimum Gasteiger partial charge on any atom is -0.395 e. The molecule has 1 aliphatic heterocycles. The summed E-state index contributed by atoms with van der Waals surface area (Å²) in [5.74, 6) is 0.829. The molecule has 1 aromatic carbocycles. The van der Waals surface area contributed by atoms with E-state index in [9.17, 15) is 5.11 Å². The number of para-hydroxylation sites is 1. The minimum absolute atomic E-state index is 0.0602. The fourth-order valence-electron chi connectivity index (χ4n) is 3.84. The van der Waals surface area contributed by atoms with Crippen LogP contribution in [0.15, 0.2) is 29.8 Å². The van der Waals surface area contributed by atoms with Gasteiger partial charge >= 0.3 is 0 Å². The third-order valence-electron chi connectivity index (χ3n) is 5.10. The van der Waals surface area contributed by atoms with E-state index in [2.05, 4.69) is 51.4 Å². The molecule has 1 aliphatic rings. The number of aliphatic hydroxyl groups excluding tert-OH is 1. The van der Waals surface area contributed by atoms with Gasteiger partial charge in [0.25, 0.3) is 0 Å². The SMILES string of the molecule is Cc1cccc(C)c1-n1nnnc1[C@@H]1CC[C@@H](CO)N1Cc1nccs1. The van der Waals surface area contributed by atoms with Gasteiger partial charge in [-0.2, -0.15) is 4.68 Å². The lowest BCUT2D eigenvalue weighted by atomic mass is 10.1. The number of rotatable bonds is 5. The highest BCUT2D eigenvalue weighted by Crippen LogP contribution is 2.37. The summed E-state index contributed by atoms with van der Waals surface area (Å²) in [5.41, 5.74) is 3.32. The summed E-state index contributed by atoms with van der Waals surface area (Å²) in [6.07, 6.45) is 3.66. The lowest BCUT2D eigenvalue weighted by molar-refractivity contribution is 0.118. The summed E-state index contributed by atoms with van der Waals surface area (Å²) >= 11 is 1.63. The molecule has 0 amide bonds. The summed E-state index contributed by atoms with van der Waals surface area (Å²) in [6.45, 7) is 4.98. The van der Waals surface area contributed by atoms with Crippen LogP contribution in [0.2, 0.25) is 0 Å². The number of nitrogens with zero attached hydrogens (tertiary/aromatic N) is 6. The molecule has 2 atom stereocenters. The largest absolute Gasteiger partial charge is 0.395 e. The number of thiazole rings is 1. The lowest BCUT2D eigenvalue weighted by Gasteiger charge is -2.27. The first kappa shape index (κ1) is 17.3. The number of aromatic nitrogens is 5. The molecule has 0 radical (unpaired) electrons. The molecule has 1 saturated heterocycles. The number of benzene rings is 1. The van der Waals surface area contributed by atoms with Crippen molar-refractivity contribution >= 4 is 11.3 Å². The van der Waals surface area contributed by atoms with Gasteiger partial charge in [-0.25, -0.2) is 4.98 Å². The molecule has 4 rings (SSSR count). The Bertz CT molecular complexity index is 857. The summed E-state index contributed by atoms with van der Waals surface area (Å²) in [7, 11) is 0. The van der Waals surface area contributed by atoms with Gasteiger partial charge in [-0.05, 0) is 48.2 Å². The van der Waals surface area contributed by atoms with E-state index in [1.807, 2.05) is 22.3 Å². The molecule has 7 nitrogen and oxygen atoms in total. The van der Waals surface area contributed by atoms with Crippen LogP contribution in [0.3, 0.4) is 0 Å². The number of aryl methyl sites for hydroxylation is 2. The highest BCUT2D eigenvalue weighted by atomic mass is 32.1. The number of hydrogen-bond acceptors (Lipinski definition) is 7. The van der Waals surface area contributed by atoms with Gasteiger partial charge in [-0.3, -0.25) is 4.90 Å². The second-order valence-corrected chi connectivity index (χ2v) is 7.70. The second-order valence-electron chi connectivity index (χ2n) is 6.72. The fraction of sp³-hybridized carbons (Fsp3) is 0.444. The first-order valence-corrected chi connectivity index (χ1v) is 9.67. The molecule has 136 valence electrons. The summed E-state index contributed by atoms with van der Waals surface area (Å²) in [5, 5.41) is 25.5. The normalized spacial score (nSPS) is 20.7. The van der Waals surface area contributed by atoms with Gasteiger partial charge in [-0.15, -0.1) is 16.4 Å². The average molecular weight is 370 g/mol. The van der Waals surface area contributed by atoms with Crippen LogP contribution >= 0.6 is 11.3 Å². The van der Waals surface area contributed by atoms with Crippen LogP contribution in [-0.4, -0.2) is 47.8 Å². The number of hydrogen-bond donors (Lipinski definition) is 1. The maximum absolute atomic E-state index is 9.84. The Balaban J connectivity index is 1.72. The van der Waals surface area contributed by atoms with Gasteiger partial charge < -0.3 is 5.11 Å². The van der Waals surface area contributed by atoms with E-state index in [1.54, 1.807) is 11.3 Å².